The summed E-state index contributed by atoms with van der Waals surface area (Å²) >= 11 is 0. The van der Waals surface area contributed by atoms with E-state index in [9.17, 15) is 9.90 Å². The number of aliphatic hydroxyl groups is 1. The quantitative estimate of drug-likeness (QED) is 0.723. The Hall–Kier alpha value is -0.610. The number of amides is 1. The van der Waals surface area contributed by atoms with Gasteiger partial charge >= 0.3 is 0 Å². The van der Waals surface area contributed by atoms with Gasteiger partial charge in [0.1, 0.15) is 0 Å². The van der Waals surface area contributed by atoms with E-state index in [2.05, 4.69) is 5.32 Å². The largest absolute Gasteiger partial charge is 0.396 e. The molecule has 1 amide bonds. The molecule has 17 heavy (non-hydrogen) atoms. The second kappa shape index (κ2) is 4.25. The van der Waals surface area contributed by atoms with Crippen molar-refractivity contribution in [2.75, 3.05) is 32.8 Å². The van der Waals surface area contributed by atoms with Crippen LogP contribution in [0.1, 0.15) is 25.7 Å². The predicted molar refractivity (Wildman–Crippen MR) is 64.4 cm³/mol. The number of aliphatic hydroxyl groups excluding tert-OH is 1. The van der Waals surface area contributed by atoms with Gasteiger partial charge in [0.2, 0.25) is 5.91 Å². The average Bonchev–Trinajstić information content (AvgIpc) is 3.03. The van der Waals surface area contributed by atoms with Crippen LogP contribution < -0.4 is 5.32 Å². The van der Waals surface area contributed by atoms with Crippen molar-refractivity contribution < 1.29 is 9.90 Å². The molecule has 1 saturated carbocycles. The molecule has 4 nitrogen and oxygen atoms in total. The Bertz CT molecular complexity index is 315. The predicted octanol–water partition coefficient (Wildman–Crippen LogP) is 0.217. The normalized spacial score (nSPS) is 40.9. The van der Waals surface area contributed by atoms with Crippen LogP contribution in [0.5, 0.6) is 0 Å². The third kappa shape index (κ3) is 1.78. The van der Waals surface area contributed by atoms with Crippen molar-refractivity contribution in [3.05, 3.63) is 0 Å². The molecule has 3 atom stereocenters. The van der Waals surface area contributed by atoms with E-state index in [1.807, 2.05) is 4.90 Å². The van der Waals surface area contributed by atoms with Crippen molar-refractivity contribution in [1.29, 1.82) is 0 Å². The van der Waals surface area contributed by atoms with Gasteiger partial charge in [-0.3, -0.25) is 4.79 Å². The monoisotopic (exact) mass is 238 g/mol. The highest BCUT2D eigenvalue weighted by molar-refractivity contribution is 5.79. The van der Waals surface area contributed by atoms with Gasteiger partial charge in [0.15, 0.2) is 0 Å². The second-order valence-electron chi connectivity index (χ2n) is 6.02. The first-order valence-electron chi connectivity index (χ1n) is 6.85. The Morgan fingerprint density at radius 1 is 1.47 bits per heavy atom. The lowest BCUT2D eigenvalue weighted by molar-refractivity contribution is -0.134. The van der Waals surface area contributed by atoms with Gasteiger partial charge in [-0.2, -0.15) is 0 Å². The Morgan fingerprint density at radius 3 is 3.00 bits per heavy atom. The van der Waals surface area contributed by atoms with E-state index in [-0.39, 0.29) is 17.9 Å². The third-order valence-electron chi connectivity index (χ3n) is 5.08. The number of hydrogen-bond acceptors (Lipinski definition) is 3. The Morgan fingerprint density at radius 2 is 2.35 bits per heavy atom. The molecule has 3 rings (SSSR count). The van der Waals surface area contributed by atoms with Gasteiger partial charge < -0.3 is 15.3 Å². The van der Waals surface area contributed by atoms with E-state index in [1.54, 1.807) is 0 Å². The van der Waals surface area contributed by atoms with Gasteiger partial charge in [-0.05, 0) is 31.7 Å². The minimum atomic E-state index is 0.0433. The molecular weight excluding hydrogens is 216 g/mol. The fourth-order valence-corrected chi connectivity index (χ4v) is 3.96. The molecule has 2 aliphatic heterocycles. The zero-order valence-electron chi connectivity index (χ0n) is 10.3. The van der Waals surface area contributed by atoms with Gasteiger partial charge in [-0.15, -0.1) is 0 Å². The van der Waals surface area contributed by atoms with Crippen LogP contribution in [0.25, 0.3) is 0 Å². The molecule has 0 spiro atoms. The van der Waals surface area contributed by atoms with Crippen molar-refractivity contribution in [3.63, 3.8) is 0 Å². The average molecular weight is 238 g/mol. The molecule has 2 saturated heterocycles. The summed E-state index contributed by atoms with van der Waals surface area (Å²) in [5.41, 5.74) is 0.0433. The maximum Gasteiger partial charge on any atom is 0.227 e. The lowest BCUT2D eigenvalue weighted by atomic mass is 9.82. The van der Waals surface area contributed by atoms with Crippen LogP contribution in [0.2, 0.25) is 0 Å². The number of likely N-dealkylation sites (tertiary alicyclic amines) is 1. The van der Waals surface area contributed by atoms with Crippen molar-refractivity contribution in [2.45, 2.75) is 25.7 Å². The lowest BCUT2D eigenvalue weighted by Gasteiger charge is -2.26. The van der Waals surface area contributed by atoms with Crippen LogP contribution in [-0.2, 0) is 4.79 Å². The summed E-state index contributed by atoms with van der Waals surface area (Å²) in [6.45, 7) is 3.74. The number of fused-ring (bicyclic) bond motifs is 1. The van der Waals surface area contributed by atoms with Crippen LogP contribution in [0.3, 0.4) is 0 Å². The van der Waals surface area contributed by atoms with Crippen LogP contribution >= 0.6 is 0 Å². The van der Waals surface area contributed by atoms with Crippen LogP contribution in [0.15, 0.2) is 0 Å². The van der Waals surface area contributed by atoms with Crippen LogP contribution in [0, 0.1) is 17.3 Å². The highest BCUT2D eigenvalue weighted by Gasteiger charge is 2.50. The minimum absolute atomic E-state index is 0.0433. The minimum Gasteiger partial charge on any atom is -0.396 e. The van der Waals surface area contributed by atoms with E-state index >= 15 is 0 Å². The zero-order chi connectivity index (χ0) is 11.9. The van der Waals surface area contributed by atoms with Crippen molar-refractivity contribution in [1.82, 2.24) is 10.2 Å². The topological polar surface area (TPSA) is 52.6 Å². The molecule has 2 heterocycles. The van der Waals surface area contributed by atoms with Gasteiger partial charge in [0.25, 0.3) is 0 Å². The summed E-state index contributed by atoms with van der Waals surface area (Å²) in [6.07, 6.45) is 4.48. The van der Waals surface area contributed by atoms with Gasteiger partial charge in [0.05, 0.1) is 12.5 Å². The number of carbonyl (C=O) groups excluding carboxylic acids is 1. The Labute approximate surface area is 102 Å². The van der Waals surface area contributed by atoms with Gasteiger partial charge in [-0.25, -0.2) is 0 Å². The molecule has 96 valence electrons. The first kappa shape index (κ1) is 11.5. The third-order valence-corrected chi connectivity index (χ3v) is 5.08. The maximum absolute atomic E-state index is 12.3. The molecule has 2 N–H and O–H groups in total. The first-order valence-corrected chi connectivity index (χ1v) is 6.85. The number of rotatable bonds is 2. The molecule has 4 heteroatoms. The standard InChI is InChI=1S/C13H22N2O2/c16-9-13-4-1-2-11(13)7-15(8-13)12(17)10-3-5-14-6-10/h10-11,14,16H,1-9H2/t10-,11+,13+/m1/s1. The van der Waals surface area contributed by atoms with E-state index in [0.717, 1.165) is 39.0 Å². The maximum atomic E-state index is 12.3. The summed E-state index contributed by atoms with van der Waals surface area (Å²) in [5.74, 6) is 1.05. The van der Waals surface area contributed by atoms with Crippen molar-refractivity contribution >= 4 is 5.91 Å². The zero-order valence-corrected chi connectivity index (χ0v) is 10.3. The molecular formula is C13H22N2O2. The van der Waals surface area contributed by atoms with E-state index in [4.69, 9.17) is 0 Å². The number of hydrogen-bond donors (Lipinski definition) is 2. The summed E-state index contributed by atoms with van der Waals surface area (Å²) in [6, 6.07) is 0. The fraction of sp³-hybridized carbons (Fsp3) is 0.923. The highest BCUT2D eigenvalue weighted by atomic mass is 16.3. The van der Waals surface area contributed by atoms with Crippen LogP contribution in [0.4, 0.5) is 0 Å². The number of carbonyl (C=O) groups is 1. The molecule has 0 radical (unpaired) electrons. The number of nitrogens with zero attached hydrogens (tertiary/aromatic N) is 1. The van der Waals surface area contributed by atoms with E-state index in [1.165, 1.54) is 12.8 Å². The molecule has 1 aliphatic carbocycles. The highest BCUT2D eigenvalue weighted by Crippen LogP contribution is 2.48. The smallest absolute Gasteiger partial charge is 0.227 e. The summed E-state index contributed by atoms with van der Waals surface area (Å²) in [4.78, 5) is 14.4. The lowest BCUT2D eigenvalue weighted by Crippen LogP contribution is -2.38. The summed E-state index contributed by atoms with van der Waals surface area (Å²) in [5, 5.41) is 12.9. The molecule has 3 fully saturated rings. The fourth-order valence-electron chi connectivity index (χ4n) is 3.96. The van der Waals surface area contributed by atoms with Crippen LogP contribution in [-0.4, -0.2) is 48.7 Å². The van der Waals surface area contributed by atoms with E-state index in [0.29, 0.717) is 11.8 Å². The van der Waals surface area contributed by atoms with E-state index < -0.39 is 0 Å². The number of nitrogens with one attached hydrogen (secondary N) is 1. The molecule has 0 unspecified atom stereocenters. The Balaban J connectivity index is 1.69. The molecule has 0 aromatic carbocycles. The molecule has 0 aromatic heterocycles. The molecule has 0 aromatic rings. The van der Waals surface area contributed by atoms with Gasteiger partial charge in [0, 0.05) is 25.0 Å². The summed E-state index contributed by atoms with van der Waals surface area (Å²) in [7, 11) is 0. The molecule has 3 aliphatic rings. The SMILES string of the molecule is O=C([C@@H]1CCNC1)N1C[C@@H]2CCC[C@@]2(CO)C1. The van der Waals surface area contributed by atoms with Crippen molar-refractivity contribution in [3.8, 4) is 0 Å². The van der Waals surface area contributed by atoms with Gasteiger partial charge in [-0.1, -0.05) is 6.42 Å². The van der Waals surface area contributed by atoms with Crippen molar-refractivity contribution in [2.24, 2.45) is 17.3 Å². The summed E-state index contributed by atoms with van der Waals surface area (Å²) < 4.78 is 0. The second-order valence-corrected chi connectivity index (χ2v) is 6.02. The molecule has 0 bridgehead atoms. The first-order chi connectivity index (χ1) is 8.25. The Kier molecular flexibility index (Phi) is 2.87.